The van der Waals surface area contributed by atoms with Gasteiger partial charge in [0, 0.05) is 6.54 Å². The number of ether oxygens (including phenoxy) is 2. The number of fused-ring (bicyclic) bond motifs is 1. The molecule has 1 aromatic rings. The first-order valence-corrected chi connectivity index (χ1v) is 13.7. The number of rotatable bonds is 12. The molecule has 2 amide bonds. The van der Waals surface area contributed by atoms with Gasteiger partial charge in [-0.1, -0.05) is 56.2 Å². The van der Waals surface area contributed by atoms with Gasteiger partial charge in [0.1, 0.15) is 11.6 Å². The van der Waals surface area contributed by atoms with Crippen LogP contribution in [-0.2, 0) is 23.9 Å². The smallest absolute Gasteiger partial charge is 0.312 e. The Morgan fingerprint density at radius 3 is 2.71 bits per heavy atom. The number of anilines is 1. The molecule has 1 spiro atoms. The Morgan fingerprint density at radius 1 is 1.34 bits per heavy atom. The zero-order valence-corrected chi connectivity index (χ0v) is 22.8. The van der Waals surface area contributed by atoms with E-state index in [0.717, 1.165) is 0 Å². The van der Waals surface area contributed by atoms with Crippen molar-refractivity contribution in [2.24, 2.45) is 17.8 Å². The maximum atomic E-state index is 14.5. The maximum absolute atomic E-state index is 14.5. The topological polar surface area (TPSA) is 96.4 Å². The van der Waals surface area contributed by atoms with E-state index in [1.807, 2.05) is 13.8 Å². The van der Waals surface area contributed by atoms with E-state index >= 15 is 0 Å². The fourth-order valence-corrected chi connectivity index (χ4v) is 6.64. The number of carbonyl (C=O) groups is 3. The van der Waals surface area contributed by atoms with Gasteiger partial charge in [0.15, 0.2) is 0 Å². The first-order chi connectivity index (χ1) is 18.3. The summed E-state index contributed by atoms with van der Waals surface area (Å²) in [6.45, 7) is 11.4. The zero-order valence-electron chi connectivity index (χ0n) is 22.1. The van der Waals surface area contributed by atoms with Crippen molar-refractivity contribution in [2.45, 2.75) is 63.3 Å². The predicted molar refractivity (Wildman–Crippen MR) is 145 cm³/mol. The number of hydrogen-bond acceptors (Lipinski definition) is 6. The van der Waals surface area contributed by atoms with Gasteiger partial charge in [-0.05, 0) is 37.3 Å². The number of benzene rings is 1. The average Bonchev–Trinajstić information content (AvgIpc) is 3.55. The van der Waals surface area contributed by atoms with Crippen molar-refractivity contribution in [1.82, 2.24) is 4.90 Å². The lowest BCUT2D eigenvalue weighted by Gasteiger charge is -2.41. The van der Waals surface area contributed by atoms with E-state index in [1.165, 1.54) is 9.80 Å². The molecule has 3 fully saturated rings. The van der Waals surface area contributed by atoms with Gasteiger partial charge >= 0.3 is 5.97 Å². The van der Waals surface area contributed by atoms with Crippen molar-refractivity contribution >= 4 is 35.1 Å². The van der Waals surface area contributed by atoms with Crippen molar-refractivity contribution in [2.75, 3.05) is 24.7 Å². The lowest BCUT2D eigenvalue weighted by atomic mass is 9.70. The van der Waals surface area contributed by atoms with Crippen LogP contribution in [0.3, 0.4) is 0 Å². The normalized spacial score (nSPS) is 29.1. The van der Waals surface area contributed by atoms with E-state index in [4.69, 9.17) is 21.1 Å². The first kappa shape index (κ1) is 28.3. The van der Waals surface area contributed by atoms with Crippen LogP contribution in [0.5, 0.6) is 0 Å². The van der Waals surface area contributed by atoms with Gasteiger partial charge in [0.2, 0.25) is 5.91 Å². The number of carbonyl (C=O) groups excluding carboxylic acids is 3. The summed E-state index contributed by atoms with van der Waals surface area (Å²) in [4.78, 5) is 45.0. The van der Waals surface area contributed by atoms with E-state index < -0.39 is 41.6 Å². The summed E-state index contributed by atoms with van der Waals surface area (Å²) >= 11 is 6.50. The standard InChI is InChI=1S/C29H37ClN2O6/c1-5-8-16-37-28(36)23-22-13-14-29(38-22)24(23)26(34)32(21(17-33)18(4)7-3)25(29)27(35)31(15-6-2)20-12-10-9-11-19(20)30/h5-6,9-12,18,21-25,33H,1-2,7-8,13-17H2,3-4H3/t18-,21-,22+,23-,24-,25?,29?/m0/s1. The van der Waals surface area contributed by atoms with Crippen LogP contribution in [0.25, 0.3) is 0 Å². The number of nitrogens with zero attached hydrogens (tertiary/aromatic N) is 2. The van der Waals surface area contributed by atoms with Gasteiger partial charge in [0.05, 0.1) is 47.9 Å². The molecule has 2 unspecified atom stereocenters. The van der Waals surface area contributed by atoms with Gasteiger partial charge < -0.3 is 24.4 Å². The number of amides is 2. The van der Waals surface area contributed by atoms with Crippen LogP contribution < -0.4 is 4.90 Å². The minimum absolute atomic E-state index is 0.0992. The van der Waals surface area contributed by atoms with Gasteiger partial charge in [-0.2, -0.15) is 0 Å². The molecule has 0 aliphatic carbocycles. The van der Waals surface area contributed by atoms with Crippen LogP contribution in [0.4, 0.5) is 5.69 Å². The summed E-state index contributed by atoms with van der Waals surface area (Å²) in [5.41, 5.74) is -0.717. The molecular weight excluding hydrogens is 508 g/mol. The van der Waals surface area contributed by atoms with Gasteiger partial charge in [-0.3, -0.25) is 14.4 Å². The Morgan fingerprint density at radius 2 is 2.08 bits per heavy atom. The molecule has 3 saturated heterocycles. The van der Waals surface area contributed by atoms with E-state index in [-0.39, 0.29) is 37.5 Å². The van der Waals surface area contributed by atoms with Crippen molar-refractivity contribution < 1.29 is 29.0 Å². The van der Waals surface area contributed by atoms with E-state index in [0.29, 0.717) is 36.4 Å². The van der Waals surface area contributed by atoms with Crippen LogP contribution in [0.2, 0.25) is 5.02 Å². The van der Waals surface area contributed by atoms with Crippen LogP contribution in [0.1, 0.15) is 39.5 Å². The van der Waals surface area contributed by atoms with Gasteiger partial charge in [-0.25, -0.2) is 0 Å². The highest BCUT2D eigenvalue weighted by Gasteiger charge is 2.75. The SMILES string of the molecule is C=CCCOC(=O)[C@@H]1[C@H]2C(=O)N([C@@H](CO)[C@@H](C)CC)C(C(=O)N(CC=C)c3ccccc3Cl)C23CC[C@H]1O3. The predicted octanol–water partition coefficient (Wildman–Crippen LogP) is 3.76. The monoisotopic (exact) mass is 544 g/mol. The number of halogens is 1. The largest absolute Gasteiger partial charge is 0.465 e. The minimum atomic E-state index is -1.21. The molecule has 8 nitrogen and oxygen atoms in total. The van der Waals surface area contributed by atoms with Crippen LogP contribution in [0.15, 0.2) is 49.6 Å². The summed E-state index contributed by atoms with van der Waals surface area (Å²) in [5.74, 6) is -3.02. The van der Waals surface area contributed by atoms with Crippen molar-refractivity contribution in [1.29, 1.82) is 0 Å². The quantitative estimate of drug-likeness (QED) is 0.244. The molecule has 4 rings (SSSR count). The fourth-order valence-electron chi connectivity index (χ4n) is 6.40. The third-order valence-corrected chi connectivity index (χ3v) is 8.70. The molecule has 3 aliphatic heterocycles. The Hall–Kier alpha value is -2.68. The molecule has 0 radical (unpaired) electrons. The Bertz CT molecular complexity index is 1090. The third kappa shape index (κ3) is 4.56. The summed E-state index contributed by atoms with van der Waals surface area (Å²) in [5, 5.41) is 10.8. The Kier molecular flexibility index (Phi) is 8.65. The molecular formula is C29H37ClN2O6. The molecule has 7 atom stereocenters. The molecule has 3 heterocycles. The fraction of sp³-hybridized carbons (Fsp3) is 0.552. The number of likely N-dealkylation sites (tertiary alicyclic amines) is 1. The Balaban J connectivity index is 1.81. The lowest BCUT2D eigenvalue weighted by Crippen LogP contribution is -2.60. The molecule has 9 heteroatoms. The molecule has 0 saturated carbocycles. The van der Waals surface area contributed by atoms with Crippen molar-refractivity contribution in [3.63, 3.8) is 0 Å². The molecule has 0 aromatic heterocycles. The van der Waals surface area contributed by atoms with Crippen LogP contribution >= 0.6 is 11.6 Å². The number of aliphatic hydroxyl groups is 1. The average molecular weight is 545 g/mol. The molecule has 3 aliphatic rings. The third-order valence-electron chi connectivity index (χ3n) is 8.38. The van der Waals surface area contributed by atoms with Gasteiger partial charge in [-0.15, -0.1) is 13.2 Å². The van der Waals surface area contributed by atoms with E-state index in [1.54, 1.807) is 36.4 Å². The highest BCUT2D eigenvalue weighted by Crippen LogP contribution is 2.59. The maximum Gasteiger partial charge on any atom is 0.312 e. The first-order valence-electron chi connectivity index (χ1n) is 13.3. The second-order valence-corrected chi connectivity index (χ2v) is 10.8. The summed E-state index contributed by atoms with van der Waals surface area (Å²) < 4.78 is 12.0. The number of esters is 1. The summed E-state index contributed by atoms with van der Waals surface area (Å²) in [6, 6.07) is 5.33. The molecule has 1 aromatic carbocycles. The van der Waals surface area contributed by atoms with E-state index in [9.17, 15) is 19.5 Å². The highest BCUT2D eigenvalue weighted by molar-refractivity contribution is 6.34. The summed E-state index contributed by atoms with van der Waals surface area (Å²) in [7, 11) is 0. The second kappa shape index (κ2) is 11.6. The molecule has 1 N–H and O–H groups in total. The van der Waals surface area contributed by atoms with Crippen molar-refractivity contribution in [3.05, 3.63) is 54.6 Å². The van der Waals surface area contributed by atoms with E-state index in [2.05, 4.69) is 13.2 Å². The lowest BCUT2D eigenvalue weighted by molar-refractivity contribution is -0.156. The second-order valence-electron chi connectivity index (χ2n) is 10.4. The van der Waals surface area contributed by atoms with Crippen LogP contribution in [-0.4, -0.2) is 71.3 Å². The number of hydrogen-bond donors (Lipinski definition) is 1. The Labute approximate surface area is 229 Å². The minimum Gasteiger partial charge on any atom is -0.465 e. The van der Waals surface area contributed by atoms with Gasteiger partial charge in [0.25, 0.3) is 5.91 Å². The highest BCUT2D eigenvalue weighted by atomic mass is 35.5. The summed E-state index contributed by atoms with van der Waals surface area (Å²) in [6.07, 6.45) is 4.90. The number of para-hydroxylation sites is 1. The molecule has 38 heavy (non-hydrogen) atoms. The van der Waals surface area contributed by atoms with Crippen molar-refractivity contribution in [3.8, 4) is 0 Å². The molecule has 206 valence electrons. The number of aliphatic hydroxyl groups excluding tert-OH is 1. The molecule has 2 bridgehead atoms. The zero-order chi connectivity index (χ0) is 27.6. The van der Waals surface area contributed by atoms with Crippen LogP contribution in [0, 0.1) is 17.8 Å².